The number of aryl methyl sites for hydroxylation is 2. The molecule has 2 amide bonds. The molecule has 0 spiro atoms. The standard InChI is InChI=1S/C21H22N4O3/c1-14-15(2)23-18-13-16(6-7-17(18)22-14)20(26)24-8-4-9-25(11-10-24)21(27)19-5-3-12-28-19/h3,5-7,12-13H,4,8-11H2,1-2H3. The van der Waals surface area contributed by atoms with Crippen molar-refractivity contribution in [1.29, 1.82) is 0 Å². The molecule has 0 unspecified atom stereocenters. The minimum absolute atomic E-state index is 0.0470. The molecule has 1 aliphatic rings. The molecule has 0 N–H and O–H groups in total. The predicted molar refractivity (Wildman–Crippen MR) is 104 cm³/mol. The maximum atomic E-state index is 13.0. The van der Waals surface area contributed by atoms with Gasteiger partial charge in [-0.1, -0.05) is 0 Å². The fourth-order valence-corrected chi connectivity index (χ4v) is 3.43. The Morgan fingerprint density at radius 1 is 0.893 bits per heavy atom. The van der Waals surface area contributed by atoms with Crippen molar-refractivity contribution in [1.82, 2.24) is 19.8 Å². The number of hydrogen-bond acceptors (Lipinski definition) is 5. The van der Waals surface area contributed by atoms with Crippen LogP contribution in [0.5, 0.6) is 0 Å². The topological polar surface area (TPSA) is 79.5 Å². The number of rotatable bonds is 2. The third-order valence-corrected chi connectivity index (χ3v) is 5.12. The molecule has 2 aromatic heterocycles. The van der Waals surface area contributed by atoms with Crippen LogP contribution in [-0.4, -0.2) is 57.8 Å². The number of hydrogen-bond donors (Lipinski definition) is 0. The second kappa shape index (κ2) is 7.42. The lowest BCUT2D eigenvalue weighted by molar-refractivity contribution is 0.0700. The minimum Gasteiger partial charge on any atom is -0.459 e. The van der Waals surface area contributed by atoms with Crippen molar-refractivity contribution in [3.63, 3.8) is 0 Å². The summed E-state index contributed by atoms with van der Waals surface area (Å²) in [7, 11) is 0. The molecule has 3 aromatic rings. The Bertz CT molecular complexity index is 1030. The number of fused-ring (bicyclic) bond motifs is 1. The summed E-state index contributed by atoms with van der Waals surface area (Å²) in [6.45, 7) is 6.02. The van der Waals surface area contributed by atoms with Crippen molar-refractivity contribution in [3.05, 3.63) is 59.3 Å². The Kier molecular flexibility index (Phi) is 4.81. The van der Waals surface area contributed by atoms with Crippen LogP contribution in [0.3, 0.4) is 0 Å². The lowest BCUT2D eigenvalue weighted by atomic mass is 10.1. The van der Waals surface area contributed by atoms with E-state index in [9.17, 15) is 9.59 Å². The highest BCUT2D eigenvalue weighted by molar-refractivity contribution is 5.97. The van der Waals surface area contributed by atoms with E-state index in [0.29, 0.717) is 37.5 Å². The van der Waals surface area contributed by atoms with Crippen LogP contribution in [-0.2, 0) is 0 Å². The second-order valence-electron chi connectivity index (χ2n) is 7.01. The highest BCUT2D eigenvalue weighted by atomic mass is 16.3. The van der Waals surface area contributed by atoms with E-state index in [2.05, 4.69) is 9.97 Å². The third-order valence-electron chi connectivity index (χ3n) is 5.12. The monoisotopic (exact) mass is 378 g/mol. The number of benzene rings is 1. The van der Waals surface area contributed by atoms with Gasteiger partial charge in [-0.05, 0) is 50.6 Å². The minimum atomic E-state index is -0.133. The molecule has 0 radical (unpaired) electrons. The highest BCUT2D eigenvalue weighted by Crippen LogP contribution is 2.17. The summed E-state index contributed by atoms with van der Waals surface area (Å²) in [6, 6.07) is 8.80. The number of carbonyl (C=O) groups excluding carboxylic acids is 2. The Morgan fingerprint density at radius 3 is 2.25 bits per heavy atom. The van der Waals surface area contributed by atoms with Gasteiger partial charge in [0.25, 0.3) is 11.8 Å². The van der Waals surface area contributed by atoms with Gasteiger partial charge in [0, 0.05) is 31.7 Å². The molecule has 7 nitrogen and oxygen atoms in total. The van der Waals surface area contributed by atoms with Gasteiger partial charge in [-0.3, -0.25) is 9.59 Å². The Labute approximate surface area is 163 Å². The molecule has 1 saturated heterocycles. The van der Waals surface area contributed by atoms with Gasteiger partial charge in [-0.15, -0.1) is 0 Å². The lowest BCUT2D eigenvalue weighted by Gasteiger charge is -2.22. The van der Waals surface area contributed by atoms with Gasteiger partial charge in [-0.2, -0.15) is 0 Å². The molecule has 1 fully saturated rings. The average molecular weight is 378 g/mol. The number of aromatic nitrogens is 2. The van der Waals surface area contributed by atoms with Gasteiger partial charge < -0.3 is 14.2 Å². The van der Waals surface area contributed by atoms with E-state index in [1.807, 2.05) is 19.9 Å². The molecular weight excluding hydrogens is 356 g/mol. The van der Waals surface area contributed by atoms with Crippen molar-refractivity contribution in [3.8, 4) is 0 Å². The first-order valence-electron chi connectivity index (χ1n) is 9.40. The van der Waals surface area contributed by atoms with Crippen LogP contribution < -0.4 is 0 Å². The molecule has 0 bridgehead atoms. The van der Waals surface area contributed by atoms with E-state index in [1.54, 1.807) is 34.1 Å². The van der Waals surface area contributed by atoms with Crippen LogP contribution in [0.15, 0.2) is 41.0 Å². The van der Waals surface area contributed by atoms with Crippen molar-refractivity contribution >= 4 is 22.8 Å². The first-order chi connectivity index (χ1) is 13.5. The summed E-state index contributed by atoms with van der Waals surface area (Å²) in [5.41, 5.74) is 3.85. The van der Waals surface area contributed by atoms with Gasteiger partial charge in [0.15, 0.2) is 5.76 Å². The van der Waals surface area contributed by atoms with Crippen molar-refractivity contribution in [2.75, 3.05) is 26.2 Å². The van der Waals surface area contributed by atoms with E-state index in [4.69, 9.17) is 4.42 Å². The molecule has 1 aromatic carbocycles. The zero-order valence-corrected chi connectivity index (χ0v) is 16.0. The lowest BCUT2D eigenvalue weighted by Crippen LogP contribution is -2.37. The number of nitrogens with zero attached hydrogens (tertiary/aromatic N) is 4. The molecule has 0 aliphatic carbocycles. The first kappa shape index (κ1) is 18.2. The summed E-state index contributed by atoms with van der Waals surface area (Å²) >= 11 is 0. The zero-order chi connectivity index (χ0) is 19.7. The fraction of sp³-hybridized carbons (Fsp3) is 0.333. The predicted octanol–water partition coefficient (Wildman–Crippen LogP) is 2.83. The largest absolute Gasteiger partial charge is 0.459 e. The van der Waals surface area contributed by atoms with Gasteiger partial charge in [0.05, 0.1) is 28.7 Å². The number of carbonyl (C=O) groups is 2. The second-order valence-corrected chi connectivity index (χ2v) is 7.01. The smallest absolute Gasteiger partial charge is 0.289 e. The zero-order valence-electron chi connectivity index (χ0n) is 16.0. The Balaban J connectivity index is 1.50. The molecule has 3 heterocycles. The molecule has 144 valence electrons. The SMILES string of the molecule is Cc1nc2ccc(C(=O)N3CCCN(C(=O)c4ccco4)CC3)cc2nc1C. The van der Waals surface area contributed by atoms with Crippen LogP contribution in [0.25, 0.3) is 11.0 Å². The quantitative estimate of drug-likeness (QED) is 0.685. The maximum Gasteiger partial charge on any atom is 0.289 e. The fourth-order valence-electron chi connectivity index (χ4n) is 3.43. The van der Waals surface area contributed by atoms with Gasteiger partial charge in [0.2, 0.25) is 0 Å². The number of amides is 2. The average Bonchev–Trinajstić information content (AvgIpc) is 3.12. The molecular formula is C21H22N4O3. The van der Waals surface area contributed by atoms with Crippen LogP contribution in [0, 0.1) is 13.8 Å². The molecule has 28 heavy (non-hydrogen) atoms. The Morgan fingerprint density at radius 2 is 1.57 bits per heavy atom. The van der Waals surface area contributed by atoms with Crippen LogP contribution in [0.2, 0.25) is 0 Å². The highest BCUT2D eigenvalue weighted by Gasteiger charge is 2.24. The van der Waals surface area contributed by atoms with Gasteiger partial charge in [-0.25, -0.2) is 9.97 Å². The van der Waals surface area contributed by atoms with Crippen LogP contribution in [0.1, 0.15) is 38.7 Å². The van der Waals surface area contributed by atoms with Gasteiger partial charge in [0.1, 0.15) is 0 Å². The van der Waals surface area contributed by atoms with E-state index >= 15 is 0 Å². The molecule has 7 heteroatoms. The van der Waals surface area contributed by atoms with E-state index < -0.39 is 0 Å². The van der Waals surface area contributed by atoms with Crippen molar-refractivity contribution in [2.24, 2.45) is 0 Å². The molecule has 0 saturated carbocycles. The molecule has 0 atom stereocenters. The van der Waals surface area contributed by atoms with Crippen molar-refractivity contribution in [2.45, 2.75) is 20.3 Å². The summed E-state index contributed by atoms with van der Waals surface area (Å²) < 4.78 is 5.21. The van der Waals surface area contributed by atoms with E-state index in [-0.39, 0.29) is 11.8 Å². The molecule has 1 aliphatic heterocycles. The normalized spacial score (nSPS) is 14.9. The maximum absolute atomic E-state index is 13.0. The summed E-state index contributed by atoms with van der Waals surface area (Å²) in [6.07, 6.45) is 2.22. The van der Waals surface area contributed by atoms with Crippen molar-refractivity contribution < 1.29 is 14.0 Å². The van der Waals surface area contributed by atoms with E-state index in [1.165, 1.54) is 6.26 Å². The third kappa shape index (κ3) is 3.47. The van der Waals surface area contributed by atoms with E-state index in [0.717, 1.165) is 28.8 Å². The Hall–Kier alpha value is -3.22. The first-order valence-corrected chi connectivity index (χ1v) is 9.40. The van der Waals surface area contributed by atoms with Crippen LogP contribution >= 0.6 is 0 Å². The van der Waals surface area contributed by atoms with Crippen LogP contribution in [0.4, 0.5) is 0 Å². The van der Waals surface area contributed by atoms with Gasteiger partial charge >= 0.3 is 0 Å². The summed E-state index contributed by atoms with van der Waals surface area (Å²) in [5.74, 6) is 0.152. The summed E-state index contributed by atoms with van der Waals surface area (Å²) in [5, 5.41) is 0. The summed E-state index contributed by atoms with van der Waals surface area (Å²) in [4.78, 5) is 38.1. The number of furan rings is 1. The molecule has 4 rings (SSSR count).